The standard InChI is InChI=1S/C25H27N5O2/c31-23-14-20(16-30(23)21-10-9-17-5-3-6-18(17)13-21)25(32)28-11-4-7-19(15-28)24-27-26-22-8-1-2-12-29(22)24/h1-2,8-10,12-13,19-20H,3-7,11,14-16H2/t19-,20+/m1/s1. The molecule has 6 rings (SSSR count). The first-order valence-corrected chi connectivity index (χ1v) is 11.7. The van der Waals surface area contributed by atoms with Crippen LogP contribution in [-0.4, -0.2) is 50.9 Å². The molecule has 0 radical (unpaired) electrons. The molecule has 0 unspecified atom stereocenters. The lowest BCUT2D eigenvalue weighted by Gasteiger charge is -2.33. The molecule has 1 aromatic carbocycles. The predicted molar refractivity (Wildman–Crippen MR) is 120 cm³/mol. The summed E-state index contributed by atoms with van der Waals surface area (Å²) in [4.78, 5) is 30.0. The van der Waals surface area contributed by atoms with Crippen LogP contribution < -0.4 is 4.90 Å². The lowest BCUT2D eigenvalue weighted by atomic mass is 9.95. The van der Waals surface area contributed by atoms with E-state index in [0.29, 0.717) is 19.5 Å². The summed E-state index contributed by atoms with van der Waals surface area (Å²) in [6.45, 7) is 1.86. The van der Waals surface area contributed by atoms with E-state index in [0.717, 1.165) is 49.4 Å². The molecule has 0 N–H and O–H groups in total. The topological polar surface area (TPSA) is 70.8 Å². The largest absolute Gasteiger partial charge is 0.342 e. The second kappa shape index (κ2) is 7.73. The molecule has 2 aliphatic heterocycles. The fourth-order valence-electron chi connectivity index (χ4n) is 5.63. The fourth-order valence-corrected chi connectivity index (χ4v) is 5.63. The zero-order valence-corrected chi connectivity index (χ0v) is 18.1. The summed E-state index contributed by atoms with van der Waals surface area (Å²) in [5.74, 6) is 0.957. The van der Waals surface area contributed by atoms with Gasteiger partial charge in [-0.25, -0.2) is 0 Å². The number of hydrogen-bond acceptors (Lipinski definition) is 4. The highest BCUT2D eigenvalue weighted by Gasteiger charge is 2.39. The molecule has 2 fully saturated rings. The summed E-state index contributed by atoms with van der Waals surface area (Å²) in [5, 5.41) is 8.69. The maximum Gasteiger partial charge on any atom is 0.228 e. The maximum atomic E-state index is 13.4. The van der Waals surface area contributed by atoms with Crippen molar-refractivity contribution in [2.45, 2.75) is 44.4 Å². The molecular formula is C25H27N5O2. The van der Waals surface area contributed by atoms with Crippen LogP contribution in [0.2, 0.25) is 0 Å². The first kappa shape index (κ1) is 19.5. The molecule has 4 heterocycles. The van der Waals surface area contributed by atoms with E-state index in [9.17, 15) is 9.59 Å². The molecule has 1 aliphatic carbocycles. The van der Waals surface area contributed by atoms with E-state index >= 15 is 0 Å². The Morgan fingerprint density at radius 2 is 1.91 bits per heavy atom. The van der Waals surface area contributed by atoms with Gasteiger partial charge < -0.3 is 9.80 Å². The molecule has 7 nitrogen and oxygen atoms in total. The van der Waals surface area contributed by atoms with Gasteiger partial charge in [0, 0.05) is 43.9 Å². The molecule has 3 aromatic rings. The highest BCUT2D eigenvalue weighted by molar-refractivity contribution is 6.00. The van der Waals surface area contributed by atoms with Gasteiger partial charge in [-0.15, -0.1) is 10.2 Å². The van der Waals surface area contributed by atoms with Crippen molar-refractivity contribution in [1.29, 1.82) is 0 Å². The average Bonchev–Trinajstić information content (AvgIpc) is 3.56. The van der Waals surface area contributed by atoms with Crippen LogP contribution in [0.15, 0.2) is 42.6 Å². The number of nitrogens with zero attached hydrogens (tertiary/aromatic N) is 5. The summed E-state index contributed by atoms with van der Waals surface area (Å²) in [6.07, 6.45) is 7.60. The molecule has 7 heteroatoms. The van der Waals surface area contributed by atoms with E-state index in [1.165, 1.54) is 17.5 Å². The number of pyridine rings is 1. The van der Waals surface area contributed by atoms with Crippen molar-refractivity contribution in [2.75, 3.05) is 24.5 Å². The zero-order valence-electron chi connectivity index (χ0n) is 18.1. The van der Waals surface area contributed by atoms with Crippen LogP contribution in [0.4, 0.5) is 5.69 Å². The third-order valence-electron chi connectivity index (χ3n) is 7.31. The third-order valence-corrected chi connectivity index (χ3v) is 7.31. The lowest BCUT2D eigenvalue weighted by Crippen LogP contribution is -2.43. The molecular weight excluding hydrogens is 402 g/mol. The van der Waals surface area contributed by atoms with Crippen LogP contribution in [-0.2, 0) is 22.4 Å². The van der Waals surface area contributed by atoms with Crippen LogP contribution in [0.5, 0.6) is 0 Å². The van der Waals surface area contributed by atoms with Gasteiger partial charge in [0.1, 0.15) is 5.82 Å². The summed E-state index contributed by atoms with van der Waals surface area (Å²) < 4.78 is 2.02. The molecule has 0 bridgehead atoms. The van der Waals surface area contributed by atoms with Crippen molar-refractivity contribution >= 4 is 23.1 Å². The van der Waals surface area contributed by atoms with E-state index in [4.69, 9.17) is 0 Å². The van der Waals surface area contributed by atoms with Gasteiger partial charge in [-0.3, -0.25) is 14.0 Å². The number of anilines is 1. The van der Waals surface area contributed by atoms with E-state index in [-0.39, 0.29) is 23.7 Å². The maximum absolute atomic E-state index is 13.4. The third kappa shape index (κ3) is 3.27. The number of fused-ring (bicyclic) bond motifs is 2. The molecule has 164 valence electrons. The van der Waals surface area contributed by atoms with E-state index < -0.39 is 0 Å². The monoisotopic (exact) mass is 429 g/mol. The van der Waals surface area contributed by atoms with Crippen LogP contribution >= 0.6 is 0 Å². The summed E-state index contributed by atoms with van der Waals surface area (Å²) in [7, 11) is 0. The fraction of sp³-hybridized carbons (Fsp3) is 0.440. The molecule has 3 aliphatic rings. The number of carbonyl (C=O) groups is 2. The molecule has 2 saturated heterocycles. The minimum Gasteiger partial charge on any atom is -0.342 e. The number of piperidine rings is 1. The molecule has 0 spiro atoms. The number of rotatable bonds is 3. The van der Waals surface area contributed by atoms with Gasteiger partial charge >= 0.3 is 0 Å². The molecule has 2 amide bonds. The van der Waals surface area contributed by atoms with Crippen molar-refractivity contribution in [1.82, 2.24) is 19.5 Å². The van der Waals surface area contributed by atoms with Crippen molar-refractivity contribution in [3.05, 3.63) is 59.5 Å². The first-order chi connectivity index (χ1) is 15.7. The average molecular weight is 430 g/mol. The number of hydrogen-bond donors (Lipinski definition) is 0. The Bertz CT molecular complexity index is 1200. The van der Waals surface area contributed by atoms with Gasteiger partial charge in [-0.1, -0.05) is 12.1 Å². The molecule has 2 aromatic heterocycles. The Balaban J connectivity index is 1.17. The number of benzene rings is 1. The van der Waals surface area contributed by atoms with Gasteiger partial charge in [0.15, 0.2) is 5.65 Å². The van der Waals surface area contributed by atoms with Gasteiger partial charge in [0.2, 0.25) is 11.8 Å². The molecule has 0 saturated carbocycles. The summed E-state index contributed by atoms with van der Waals surface area (Å²) >= 11 is 0. The Kier molecular flexibility index (Phi) is 4.70. The normalized spacial score (nSPS) is 23.2. The van der Waals surface area contributed by atoms with Gasteiger partial charge in [-0.2, -0.15) is 0 Å². The van der Waals surface area contributed by atoms with Crippen molar-refractivity contribution in [2.24, 2.45) is 5.92 Å². The van der Waals surface area contributed by atoms with Gasteiger partial charge in [0.25, 0.3) is 0 Å². The second-order valence-electron chi connectivity index (χ2n) is 9.32. The Morgan fingerprint density at radius 3 is 2.84 bits per heavy atom. The smallest absolute Gasteiger partial charge is 0.228 e. The SMILES string of the molecule is O=C([C@H]1CC(=O)N(c2ccc3c(c2)CCC3)C1)N1CCC[C@@H](c2nnc3ccccn23)C1. The summed E-state index contributed by atoms with van der Waals surface area (Å²) in [5.41, 5.74) is 4.52. The number of carbonyl (C=O) groups excluding carboxylic acids is 2. The van der Waals surface area contributed by atoms with Crippen molar-refractivity contribution in [3.8, 4) is 0 Å². The van der Waals surface area contributed by atoms with E-state index in [1.807, 2.05) is 44.7 Å². The van der Waals surface area contributed by atoms with Crippen LogP contribution in [0.25, 0.3) is 5.65 Å². The summed E-state index contributed by atoms with van der Waals surface area (Å²) in [6, 6.07) is 12.2. The number of likely N-dealkylation sites (tertiary alicyclic amines) is 1. The lowest BCUT2D eigenvalue weighted by molar-refractivity contribution is -0.137. The second-order valence-corrected chi connectivity index (χ2v) is 9.32. The highest BCUT2D eigenvalue weighted by Crippen LogP contribution is 2.33. The predicted octanol–water partition coefficient (Wildman–Crippen LogP) is 2.98. The first-order valence-electron chi connectivity index (χ1n) is 11.7. The van der Waals surface area contributed by atoms with E-state index in [1.54, 1.807) is 0 Å². The number of amides is 2. The van der Waals surface area contributed by atoms with Crippen LogP contribution in [0.1, 0.15) is 48.6 Å². The van der Waals surface area contributed by atoms with Gasteiger partial charge in [0.05, 0.1) is 5.92 Å². The van der Waals surface area contributed by atoms with Crippen molar-refractivity contribution < 1.29 is 9.59 Å². The zero-order chi connectivity index (χ0) is 21.7. The van der Waals surface area contributed by atoms with E-state index in [2.05, 4.69) is 22.3 Å². The quantitative estimate of drug-likeness (QED) is 0.642. The Hall–Kier alpha value is -3.22. The van der Waals surface area contributed by atoms with Crippen LogP contribution in [0.3, 0.4) is 0 Å². The van der Waals surface area contributed by atoms with Gasteiger partial charge in [-0.05, 0) is 67.5 Å². The van der Waals surface area contributed by atoms with Crippen molar-refractivity contribution in [3.63, 3.8) is 0 Å². The highest BCUT2D eigenvalue weighted by atomic mass is 16.2. The van der Waals surface area contributed by atoms with Crippen LogP contribution in [0, 0.1) is 5.92 Å². The number of aromatic nitrogens is 3. The Labute approximate surface area is 187 Å². The minimum atomic E-state index is -0.273. The minimum absolute atomic E-state index is 0.0540. The number of aryl methyl sites for hydroxylation is 2. The molecule has 2 atom stereocenters. The molecule has 32 heavy (non-hydrogen) atoms. The Morgan fingerprint density at radius 1 is 1.00 bits per heavy atom.